The Hall–Kier alpha value is -2.79. The number of amides is 1. The maximum absolute atomic E-state index is 12.9. The number of rotatable bonds is 8. The molecular weight excluding hydrogens is 402 g/mol. The molecule has 2 aromatic rings. The van der Waals surface area contributed by atoms with Crippen LogP contribution in [0.15, 0.2) is 54.1 Å². The van der Waals surface area contributed by atoms with Gasteiger partial charge in [0.15, 0.2) is 0 Å². The van der Waals surface area contributed by atoms with Gasteiger partial charge >= 0.3 is 0 Å². The molecule has 1 saturated heterocycles. The molecule has 6 heteroatoms. The van der Waals surface area contributed by atoms with E-state index >= 15 is 0 Å². The van der Waals surface area contributed by atoms with Gasteiger partial charge in [-0.15, -0.1) is 0 Å². The minimum Gasteiger partial charge on any atom is -0.507 e. The molecule has 0 aromatic heterocycles. The first kappa shape index (κ1) is 21.9. The topological polar surface area (TPSA) is 66.8 Å². The van der Waals surface area contributed by atoms with Crippen LogP contribution in [0.3, 0.4) is 0 Å². The number of carbonyl (C=O) groups excluding carboxylic acids is 2. The van der Waals surface area contributed by atoms with E-state index in [2.05, 4.69) is 6.92 Å². The number of likely N-dealkylation sites (tertiary alicyclic amines) is 1. The summed E-state index contributed by atoms with van der Waals surface area (Å²) in [5.41, 5.74) is 1.30. The Kier molecular flexibility index (Phi) is 7.16. The Morgan fingerprint density at radius 1 is 1.03 bits per heavy atom. The van der Waals surface area contributed by atoms with Gasteiger partial charge in [-0.25, -0.2) is 0 Å². The summed E-state index contributed by atoms with van der Waals surface area (Å²) in [6.07, 6.45) is 2.75. The minimum atomic E-state index is -0.669. The van der Waals surface area contributed by atoms with Crippen molar-refractivity contribution in [2.45, 2.75) is 39.2 Å². The van der Waals surface area contributed by atoms with Gasteiger partial charge in [0, 0.05) is 17.1 Å². The summed E-state index contributed by atoms with van der Waals surface area (Å²) in [6.45, 7) is 4.99. The van der Waals surface area contributed by atoms with Crippen molar-refractivity contribution in [1.29, 1.82) is 0 Å². The number of benzene rings is 2. The third kappa shape index (κ3) is 4.51. The summed E-state index contributed by atoms with van der Waals surface area (Å²) in [6, 6.07) is 13.2. The van der Waals surface area contributed by atoms with Crippen molar-refractivity contribution in [3.63, 3.8) is 0 Å². The van der Waals surface area contributed by atoms with E-state index in [1.165, 1.54) is 0 Å². The van der Waals surface area contributed by atoms with E-state index in [9.17, 15) is 14.7 Å². The zero-order chi connectivity index (χ0) is 21.7. The van der Waals surface area contributed by atoms with Crippen molar-refractivity contribution in [2.24, 2.45) is 0 Å². The van der Waals surface area contributed by atoms with Crippen LogP contribution in [0.2, 0.25) is 5.02 Å². The second kappa shape index (κ2) is 9.81. The first-order valence-corrected chi connectivity index (χ1v) is 10.6. The van der Waals surface area contributed by atoms with E-state index in [4.69, 9.17) is 16.3 Å². The number of aliphatic hydroxyl groups excluding tert-OH is 1. The van der Waals surface area contributed by atoms with Crippen LogP contribution in [-0.2, 0) is 9.59 Å². The number of nitrogens with zero attached hydrogens (tertiary/aromatic N) is 1. The van der Waals surface area contributed by atoms with Crippen molar-refractivity contribution in [3.8, 4) is 5.75 Å². The molecule has 0 radical (unpaired) electrons. The van der Waals surface area contributed by atoms with Gasteiger partial charge in [-0.3, -0.25) is 9.59 Å². The van der Waals surface area contributed by atoms with Crippen LogP contribution in [0, 0.1) is 0 Å². The summed E-state index contributed by atoms with van der Waals surface area (Å²) in [5.74, 6) is -0.734. The second-order valence-electron chi connectivity index (χ2n) is 7.21. The molecular formula is C24H26ClNO4. The van der Waals surface area contributed by atoms with E-state index in [1.54, 1.807) is 29.2 Å². The van der Waals surface area contributed by atoms with Crippen LogP contribution in [0.5, 0.6) is 5.75 Å². The Morgan fingerprint density at radius 2 is 1.70 bits per heavy atom. The third-order valence-corrected chi connectivity index (χ3v) is 5.42. The maximum Gasteiger partial charge on any atom is 0.295 e. The average molecular weight is 428 g/mol. The van der Waals surface area contributed by atoms with Gasteiger partial charge in [-0.05, 0) is 55.3 Å². The molecule has 30 heavy (non-hydrogen) atoms. The highest BCUT2D eigenvalue weighted by molar-refractivity contribution is 6.46. The lowest BCUT2D eigenvalue weighted by Crippen LogP contribution is -2.30. The highest BCUT2D eigenvalue weighted by Crippen LogP contribution is 2.40. The molecule has 0 spiro atoms. The van der Waals surface area contributed by atoms with Gasteiger partial charge in [-0.2, -0.15) is 0 Å². The first-order valence-electron chi connectivity index (χ1n) is 10.2. The fourth-order valence-corrected chi connectivity index (χ4v) is 3.79. The lowest BCUT2D eigenvalue weighted by atomic mass is 9.95. The predicted molar refractivity (Wildman–Crippen MR) is 118 cm³/mol. The standard InChI is InChI=1S/C24H26ClNO4/c1-3-5-6-15-26-21(16-9-13-19(14-10-16)30-4-2)20(23(28)24(26)29)22(27)17-7-11-18(25)12-8-17/h7-14,21,27H,3-6,15H2,1-2H3/b22-20-. The summed E-state index contributed by atoms with van der Waals surface area (Å²) in [7, 11) is 0. The molecule has 0 aliphatic carbocycles. The molecule has 0 saturated carbocycles. The Morgan fingerprint density at radius 3 is 2.30 bits per heavy atom. The van der Waals surface area contributed by atoms with Gasteiger partial charge in [0.1, 0.15) is 11.5 Å². The van der Waals surface area contributed by atoms with Gasteiger partial charge < -0.3 is 14.7 Å². The molecule has 1 amide bonds. The zero-order valence-electron chi connectivity index (χ0n) is 17.2. The number of hydrogen-bond donors (Lipinski definition) is 1. The van der Waals surface area contributed by atoms with Gasteiger partial charge in [0.2, 0.25) is 0 Å². The van der Waals surface area contributed by atoms with Crippen LogP contribution < -0.4 is 4.74 Å². The average Bonchev–Trinajstić information content (AvgIpc) is 3.00. The highest BCUT2D eigenvalue weighted by atomic mass is 35.5. The highest BCUT2D eigenvalue weighted by Gasteiger charge is 2.45. The van der Waals surface area contributed by atoms with Crippen LogP contribution in [-0.4, -0.2) is 34.8 Å². The molecule has 1 aliphatic heterocycles. The van der Waals surface area contributed by atoms with Gasteiger partial charge in [-0.1, -0.05) is 43.5 Å². The van der Waals surface area contributed by atoms with Gasteiger partial charge in [0.25, 0.3) is 11.7 Å². The van der Waals surface area contributed by atoms with Crippen LogP contribution in [0.25, 0.3) is 5.76 Å². The SMILES string of the molecule is CCCCCN1C(=O)C(=O)/C(=C(\O)c2ccc(Cl)cc2)C1c1ccc(OCC)cc1. The van der Waals surface area contributed by atoms with Crippen molar-refractivity contribution in [1.82, 2.24) is 4.90 Å². The van der Waals surface area contributed by atoms with Crippen LogP contribution in [0.1, 0.15) is 50.3 Å². The van der Waals surface area contributed by atoms with Crippen molar-refractivity contribution in [3.05, 3.63) is 70.3 Å². The van der Waals surface area contributed by atoms with Crippen molar-refractivity contribution in [2.75, 3.05) is 13.2 Å². The van der Waals surface area contributed by atoms with E-state index in [1.807, 2.05) is 31.2 Å². The lowest BCUT2D eigenvalue weighted by molar-refractivity contribution is -0.139. The number of halogens is 1. The molecule has 1 fully saturated rings. The number of aliphatic hydroxyl groups is 1. The fourth-order valence-electron chi connectivity index (χ4n) is 3.67. The van der Waals surface area contributed by atoms with E-state index in [0.29, 0.717) is 29.5 Å². The lowest BCUT2D eigenvalue weighted by Gasteiger charge is -2.25. The molecule has 1 aliphatic rings. The largest absolute Gasteiger partial charge is 0.507 e. The van der Waals surface area contributed by atoms with Crippen molar-refractivity contribution >= 4 is 29.1 Å². The smallest absolute Gasteiger partial charge is 0.295 e. The quantitative estimate of drug-likeness (QED) is 0.267. The normalized spacial score (nSPS) is 18.1. The molecule has 2 aromatic carbocycles. The number of unbranched alkanes of at least 4 members (excludes halogenated alkanes) is 2. The molecule has 1 heterocycles. The predicted octanol–water partition coefficient (Wildman–Crippen LogP) is 5.35. The second-order valence-corrected chi connectivity index (χ2v) is 7.64. The number of carbonyl (C=O) groups is 2. The Labute approximate surface area is 181 Å². The molecule has 1 atom stereocenters. The van der Waals surface area contributed by atoms with E-state index in [0.717, 1.165) is 24.8 Å². The summed E-state index contributed by atoms with van der Waals surface area (Å²) < 4.78 is 5.51. The fraction of sp³-hybridized carbons (Fsp3) is 0.333. The zero-order valence-corrected chi connectivity index (χ0v) is 18.0. The molecule has 1 unspecified atom stereocenters. The molecule has 158 valence electrons. The van der Waals surface area contributed by atoms with Crippen molar-refractivity contribution < 1.29 is 19.4 Å². The van der Waals surface area contributed by atoms with Gasteiger partial charge in [0.05, 0.1) is 18.2 Å². The number of ether oxygens (including phenoxy) is 1. The third-order valence-electron chi connectivity index (χ3n) is 5.17. The number of Topliss-reactive ketones (excluding diaryl/α,β-unsaturated/α-hetero) is 1. The molecule has 3 rings (SSSR count). The Balaban J connectivity index is 2.07. The van der Waals surface area contributed by atoms with Crippen LogP contribution >= 0.6 is 11.6 Å². The molecule has 5 nitrogen and oxygen atoms in total. The first-order chi connectivity index (χ1) is 14.5. The Bertz CT molecular complexity index is 935. The number of ketones is 1. The summed E-state index contributed by atoms with van der Waals surface area (Å²) in [4.78, 5) is 27.3. The summed E-state index contributed by atoms with van der Waals surface area (Å²) >= 11 is 5.95. The molecule has 0 bridgehead atoms. The molecule has 1 N–H and O–H groups in total. The van der Waals surface area contributed by atoms with E-state index < -0.39 is 17.7 Å². The minimum absolute atomic E-state index is 0.1000. The summed E-state index contributed by atoms with van der Waals surface area (Å²) in [5, 5.41) is 11.5. The van der Waals surface area contributed by atoms with Crippen LogP contribution in [0.4, 0.5) is 0 Å². The maximum atomic E-state index is 12.9. The monoisotopic (exact) mass is 427 g/mol. The number of hydrogen-bond acceptors (Lipinski definition) is 4. The van der Waals surface area contributed by atoms with E-state index in [-0.39, 0.29) is 11.3 Å².